The van der Waals surface area contributed by atoms with Gasteiger partial charge in [-0.3, -0.25) is 0 Å². The molecule has 0 aliphatic rings. The highest BCUT2D eigenvalue weighted by Crippen LogP contribution is 2.19. The largest absolute Gasteiger partial charge is 0.497 e. The van der Waals surface area contributed by atoms with Gasteiger partial charge >= 0.3 is 0 Å². The summed E-state index contributed by atoms with van der Waals surface area (Å²) in [7, 11) is 1.61. The number of nitrogen functional groups attached to an aromatic ring is 1. The van der Waals surface area contributed by atoms with E-state index < -0.39 is 0 Å². The van der Waals surface area contributed by atoms with Crippen molar-refractivity contribution >= 4 is 17.6 Å². The van der Waals surface area contributed by atoms with Crippen LogP contribution in [0.1, 0.15) is 0 Å². The number of methoxy groups -OCH3 is 1. The van der Waals surface area contributed by atoms with Gasteiger partial charge in [-0.05, 0) is 12.1 Å². The van der Waals surface area contributed by atoms with E-state index in [1.807, 2.05) is 24.3 Å². The molecule has 0 amide bonds. The van der Waals surface area contributed by atoms with Crippen molar-refractivity contribution in [1.29, 1.82) is 0 Å². The fraction of sp³-hybridized carbons (Fsp3) is 0.100. The van der Waals surface area contributed by atoms with Crippen molar-refractivity contribution in [3.8, 4) is 5.75 Å². The molecule has 0 radical (unpaired) electrons. The van der Waals surface area contributed by atoms with Crippen molar-refractivity contribution in [2.75, 3.05) is 18.2 Å². The van der Waals surface area contributed by atoms with E-state index in [0.717, 1.165) is 11.4 Å². The Morgan fingerprint density at radius 2 is 2.19 bits per heavy atom. The number of aromatic nitrogens is 3. The lowest BCUT2D eigenvalue weighted by molar-refractivity contribution is 0.415. The third-order valence-corrected chi connectivity index (χ3v) is 1.92. The minimum absolute atomic E-state index is 0.181. The quantitative estimate of drug-likeness (QED) is 0.803. The number of nitrogens with one attached hydrogen (secondary N) is 1. The van der Waals surface area contributed by atoms with Crippen LogP contribution in [0.15, 0.2) is 30.6 Å². The SMILES string of the molecule is COc1cccc(Nc2ncnc(N)n2)c1. The van der Waals surface area contributed by atoms with E-state index in [9.17, 15) is 0 Å². The molecule has 1 aromatic heterocycles. The highest BCUT2D eigenvalue weighted by atomic mass is 16.5. The first-order valence-electron chi connectivity index (χ1n) is 4.63. The number of hydrogen-bond acceptors (Lipinski definition) is 6. The maximum atomic E-state index is 5.44. The summed E-state index contributed by atoms with van der Waals surface area (Å²) >= 11 is 0. The van der Waals surface area contributed by atoms with E-state index in [4.69, 9.17) is 10.5 Å². The molecular weight excluding hydrogens is 206 g/mol. The third kappa shape index (κ3) is 2.35. The lowest BCUT2D eigenvalue weighted by Crippen LogP contribution is -2.01. The van der Waals surface area contributed by atoms with Crippen molar-refractivity contribution in [2.24, 2.45) is 0 Å². The molecule has 1 heterocycles. The summed E-state index contributed by atoms with van der Waals surface area (Å²) in [6.07, 6.45) is 1.35. The van der Waals surface area contributed by atoms with Gasteiger partial charge in [-0.1, -0.05) is 6.07 Å². The zero-order valence-corrected chi connectivity index (χ0v) is 8.71. The molecule has 0 bridgehead atoms. The third-order valence-electron chi connectivity index (χ3n) is 1.92. The number of ether oxygens (including phenoxy) is 1. The standard InChI is InChI=1S/C10H11N5O/c1-16-8-4-2-3-7(5-8)14-10-13-6-12-9(11)15-10/h2-6H,1H3,(H3,11,12,13,14,15). The molecule has 2 aromatic rings. The van der Waals surface area contributed by atoms with E-state index in [0.29, 0.717) is 5.95 Å². The number of anilines is 3. The number of rotatable bonds is 3. The lowest BCUT2D eigenvalue weighted by atomic mass is 10.3. The smallest absolute Gasteiger partial charge is 0.231 e. The van der Waals surface area contributed by atoms with Gasteiger partial charge in [0.1, 0.15) is 12.1 Å². The number of nitrogens with two attached hydrogens (primary N) is 1. The summed E-state index contributed by atoms with van der Waals surface area (Å²) in [4.78, 5) is 11.6. The van der Waals surface area contributed by atoms with E-state index in [-0.39, 0.29) is 5.95 Å². The second kappa shape index (κ2) is 4.43. The van der Waals surface area contributed by atoms with Crippen LogP contribution in [0.3, 0.4) is 0 Å². The molecule has 2 rings (SSSR count). The molecule has 0 fully saturated rings. The van der Waals surface area contributed by atoms with Crippen LogP contribution in [-0.4, -0.2) is 22.1 Å². The van der Waals surface area contributed by atoms with Crippen LogP contribution in [0, 0.1) is 0 Å². The normalized spacial score (nSPS) is 9.81. The maximum absolute atomic E-state index is 5.44. The zero-order chi connectivity index (χ0) is 11.4. The minimum Gasteiger partial charge on any atom is -0.497 e. The Labute approximate surface area is 92.5 Å². The first kappa shape index (κ1) is 10.2. The van der Waals surface area contributed by atoms with Crippen molar-refractivity contribution in [1.82, 2.24) is 15.0 Å². The molecule has 0 aliphatic carbocycles. The Hall–Kier alpha value is -2.37. The first-order chi connectivity index (χ1) is 7.78. The average Bonchev–Trinajstić information content (AvgIpc) is 2.29. The van der Waals surface area contributed by atoms with Gasteiger partial charge in [-0.25, -0.2) is 9.97 Å². The van der Waals surface area contributed by atoms with Crippen LogP contribution in [0.25, 0.3) is 0 Å². The summed E-state index contributed by atoms with van der Waals surface area (Å²) in [5.41, 5.74) is 6.27. The van der Waals surface area contributed by atoms with Gasteiger partial charge in [0.05, 0.1) is 7.11 Å². The van der Waals surface area contributed by atoms with Gasteiger partial charge in [-0.15, -0.1) is 0 Å². The molecule has 3 N–H and O–H groups in total. The summed E-state index contributed by atoms with van der Waals surface area (Å²) in [6.45, 7) is 0. The van der Waals surface area contributed by atoms with E-state index >= 15 is 0 Å². The number of hydrogen-bond donors (Lipinski definition) is 2. The fourth-order valence-electron chi connectivity index (χ4n) is 1.20. The molecule has 0 saturated carbocycles. The predicted octanol–water partition coefficient (Wildman–Crippen LogP) is 1.21. The molecule has 0 unspecified atom stereocenters. The van der Waals surface area contributed by atoms with Crippen molar-refractivity contribution in [3.63, 3.8) is 0 Å². The van der Waals surface area contributed by atoms with Gasteiger partial charge in [0.2, 0.25) is 11.9 Å². The highest BCUT2D eigenvalue weighted by molar-refractivity contribution is 5.56. The van der Waals surface area contributed by atoms with Crippen LogP contribution in [0.2, 0.25) is 0 Å². The Balaban J connectivity index is 2.20. The van der Waals surface area contributed by atoms with E-state index in [1.54, 1.807) is 7.11 Å². The first-order valence-corrected chi connectivity index (χ1v) is 4.63. The summed E-state index contributed by atoms with van der Waals surface area (Å²) in [5, 5.41) is 3.00. The molecule has 0 aliphatic heterocycles. The Bertz CT molecular complexity index is 488. The Morgan fingerprint density at radius 1 is 1.31 bits per heavy atom. The Morgan fingerprint density at radius 3 is 2.94 bits per heavy atom. The number of benzene rings is 1. The van der Waals surface area contributed by atoms with Gasteiger partial charge in [0.15, 0.2) is 0 Å². The summed E-state index contributed by atoms with van der Waals surface area (Å²) in [6, 6.07) is 7.43. The molecular formula is C10H11N5O. The van der Waals surface area contributed by atoms with E-state index in [2.05, 4.69) is 20.3 Å². The number of nitrogens with zero attached hydrogens (tertiary/aromatic N) is 3. The average molecular weight is 217 g/mol. The van der Waals surface area contributed by atoms with Crippen LogP contribution in [-0.2, 0) is 0 Å². The molecule has 1 aromatic carbocycles. The van der Waals surface area contributed by atoms with Crippen LogP contribution < -0.4 is 15.8 Å². The topological polar surface area (TPSA) is 86.0 Å². The second-order valence-corrected chi connectivity index (χ2v) is 3.02. The summed E-state index contributed by atoms with van der Waals surface area (Å²) in [5.74, 6) is 1.34. The molecule has 16 heavy (non-hydrogen) atoms. The molecule has 82 valence electrons. The zero-order valence-electron chi connectivity index (χ0n) is 8.71. The predicted molar refractivity (Wildman–Crippen MR) is 60.5 cm³/mol. The molecule has 6 nitrogen and oxygen atoms in total. The molecule has 0 saturated heterocycles. The lowest BCUT2D eigenvalue weighted by Gasteiger charge is -2.06. The van der Waals surface area contributed by atoms with Crippen LogP contribution >= 0.6 is 0 Å². The summed E-state index contributed by atoms with van der Waals surface area (Å²) < 4.78 is 5.10. The Kier molecular flexibility index (Phi) is 2.81. The van der Waals surface area contributed by atoms with Gasteiger partial charge in [0, 0.05) is 11.8 Å². The monoisotopic (exact) mass is 217 g/mol. The second-order valence-electron chi connectivity index (χ2n) is 3.02. The van der Waals surface area contributed by atoms with Crippen LogP contribution in [0.4, 0.5) is 17.6 Å². The highest BCUT2D eigenvalue weighted by Gasteiger charge is 1.99. The fourth-order valence-corrected chi connectivity index (χ4v) is 1.20. The maximum Gasteiger partial charge on any atom is 0.231 e. The van der Waals surface area contributed by atoms with Crippen molar-refractivity contribution in [2.45, 2.75) is 0 Å². The molecule has 0 spiro atoms. The van der Waals surface area contributed by atoms with Crippen molar-refractivity contribution in [3.05, 3.63) is 30.6 Å². The van der Waals surface area contributed by atoms with Gasteiger partial charge in [-0.2, -0.15) is 4.98 Å². The van der Waals surface area contributed by atoms with Gasteiger partial charge in [0.25, 0.3) is 0 Å². The molecule has 6 heteroatoms. The molecule has 0 atom stereocenters. The van der Waals surface area contributed by atoms with Crippen LogP contribution in [0.5, 0.6) is 5.75 Å². The van der Waals surface area contributed by atoms with E-state index in [1.165, 1.54) is 6.33 Å². The van der Waals surface area contributed by atoms with Gasteiger partial charge < -0.3 is 15.8 Å². The van der Waals surface area contributed by atoms with Crippen molar-refractivity contribution < 1.29 is 4.74 Å². The minimum atomic E-state index is 0.181.